The predicted octanol–water partition coefficient (Wildman–Crippen LogP) is 3.42. The summed E-state index contributed by atoms with van der Waals surface area (Å²) >= 11 is 1.54. The zero-order valence-corrected chi connectivity index (χ0v) is 15.1. The van der Waals surface area contributed by atoms with E-state index in [1.807, 2.05) is 30.5 Å². The van der Waals surface area contributed by atoms with Crippen LogP contribution in [0.4, 0.5) is 11.4 Å². The minimum atomic E-state index is -0.546. The minimum absolute atomic E-state index is 0. The molecule has 1 unspecified atom stereocenters. The number of amides is 2. The summed E-state index contributed by atoms with van der Waals surface area (Å²) in [4.78, 5) is 25.2. The van der Waals surface area contributed by atoms with Crippen molar-refractivity contribution >= 4 is 46.9 Å². The molecule has 7 heteroatoms. The Morgan fingerprint density at radius 3 is 2.38 bits per heavy atom. The summed E-state index contributed by atoms with van der Waals surface area (Å²) in [5, 5.41) is 7.56. The van der Waals surface area contributed by atoms with Gasteiger partial charge in [-0.1, -0.05) is 31.5 Å². The molecule has 1 atom stereocenters. The number of halogens is 1. The van der Waals surface area contributed by atoms with Gasteiger partial charge in [-0.15, -0.1) is 23.7 Å². The number of para-hydroxylation sites is 2. The monoisotopic (exact) mass is 367 g/mol. The lowest BCUT2D eigenvalue weighted by molar-refractivity contribution is -0.117. The fourth-order valence-corrected chi connectivity index (χ4v) is 2.84. The number of rotatable bonds is 7. The summed E-state index contributed by atoms with van der Waals surface area (Å²) < 4.78 is 0. The van der Waals surface area contributed by atoms with Crippen molar-refractivity contribution in [2.24, 2.45) is 5.73 Å². The molecule has 130 valence electrons. The number of hydrogen-bond acceptors (Lipinski definition) is 4. The topological polar surface area (TPSA) is 84.2 Å². The Hall–Kier alpha value is -1.89. The Bertz CT molecular complexity index is 662. The lowest BCUT2D eigenvalue weighted by atomic mass is 10.1. The summed E-state index contributed by atoms with van der Waals surface area (Å²) in [5.41, 5.74) is 6.95. The Morgan fingerprint density at radius 2 is 1.79 bits per heavy atom. The third kappa shape index (κ3) is 5.96. The van der Waals surface area contributed by atoms with Crippen LogP contribution >= 0.6 is 23.7 Å². The van der Waals surface area contributed by atoms with Crippen LogP contribution in [0.3, 0.4) is 0 Å². The van der Waals surface area contributed by atoms with E-state index >= 15 is 0 Å². The molecule has 2 aromatic rings. The highest BCUT2D eigenvalue weighted by Gasteiger charge is 2.15. The molecule has 1 heterocycles. The molecule has 0 spiro atoms. The number of hydrogen-bond donors (Lipinski definition) is 3. The zero-order valence-electron chi connectivity index (χ0n) is 13.5. The van der Waals surface area contributed by atoms with Crippen LogP contribution in [0.5, 0.6) is 0 Å². The molecule has 0 saturated carbocycles. The van der Waals surface area contributed by atoms with Gasteiger partial charge in [-0.25, -0.2) is 0 Å². The molecule has 5 nitrogen and oxygen atoms in total. The first-order valence-electron chi connectivity index (χ1n) is 7.58. The Labute approximate surface area is 152 Å². The molecule has 0 radical (unpaired) electrons. The molecule has 24 heavy (non-hydrogen) atoms. The van der Waals surface area contributed by atoms with Crippen molar-refractivity contribution in [2.45, 2.75) is 32.2 Å². The van der Waals surface area contributed by atoms with Gasteiger partial charge in [0.15, 0.2) is 0 Å². The lowest BCUT2D eigenvalue weighted by Gasteiger charge is -2.15. The minimum Gasteiger partial charge on any atom is -0.324 e. The third-order valence-electron chi connectivity index (χ3n) is 3.31. The van der Waals surface area contributed by atoms with Crippen LogP contribution in [-0.4, -0.2) is 17.9 Å². The summed E-state index contributed by atoms with van der Waals surface area (Å²) in [6.45, 7) is 1.98. The van der Waals surface area contributed by atoms with Crippen molar-refractivity contribution in [3.05, 3.63) is 46.7 Å². The molecule has 0 aliphatic carbocycles. The number of carbonyl (C=O) groups is 2. The maximum atomic E-state index is 12.1. The highest BCUT2D eigenvalue weighted by atomic mass is 35.5. The molecule has 1 aromatic carbocycles. The summed E-state index contributed by atoms with van der Waals surface area (Å²) in [6, 6.07) is 10.4. The van der Waals surface area contributed by atoms with Crippen molar-refractivity contribution in [3.63, 3.8) is 0 Å². The van der Waals surface area contributed by atoms with E-state index in [4.69, 9.17) is 5.73 Å². The summed E-state index contributed by atoms with van der Waals surface area (Å²) in [6.07, 6.45) is 1.78. The third-order valence-corrected chi connectivity index (χ3v) is 4.19. The van der Waals surface area contributed by atoms with E-state index in [2.05, 4.69) is 10.6 Å². The van der Waals surface area contributed by atoms with Gasteiger partial charge in [-0.05, 0) is 30.0 Å². The largest absolute Gasteiger partial charge is 0.324 e. The van der Waals surface area contributed by atoms with E-state index in [0.29, 0.717) is 24.2 Å². The molecule has 4 N–H and O–H groups in total. The Morgan fingerprint density at radius 1 is 1.12 bits per heavy atom. The standard InChI is InChI=1S/C17H21N3O2S.ClH/c1-2-6-13(18)17(22)20-15-9-4-3-8-14(15)19-16(21)11-12-7-5-10-23-12;/h3-5,7-10,13H,2,6,11,18H2,1H3,(H,19,21)(H,20,22);1H. The van der Waals surface area contributed by atoms with E-state index < -0.39 is 6.04 Å². The van der Waals surface area contributed by atoms with E-state index in [-0.39, 0.29) is 24.2 Å². The van der Waals surface area contributed by atoms with Crippen LogP contribution < -0.4 is 16.4 Å². The zero-order chi connectivity index (χ0) is 16.7. The molecule has 2 rings (SSSR count). The number of carbonyl (C=O) groups excluding carboxylic acids is 2. The summed E-state index contributed by atoms with van der Waals surface area (Å²) in [7, 11) is 0. The second-order valence-corrected chi connectivity index (χ2v) is 6.27. The second kappa shape index (κ2) is 10.1. The first-order valence-corrected chi connectivity index (χ1v) is 8.45. The average molecular weight is 368 g/mol. The van der Waals surface area contributed by atoms with Crippen LogP contribution in [0.2, 0.25) is 0 Å². The number of benzene rings is 1. The first-order chi connectivity index (χ1) is 11.1. The van der Waals surface area contributed by atoms with Crippen molar-refractivity contribution in [2.75, 3.05) is 10.6 Å². The SMILES string of the molecule is CCCC(N)C(=O)Nc1ccccc1NC(=O)Cc1cccs1.Cl. The van der Waals surface area contributed by atoms with Crippen LogP contribution in [0.1, 0.15) is 24.6 Å². The first kappa shape index (κ1) is 20.2. The molecule has 0 fully saturated rings. The van der Waals surface area contributed by atoms with Crippen molar-refractivity contribution < 1.29 is 9.59 Å². The number of anilines is 2. The Kier molecular flexibility index (Phi) is 8.46. The van der Waals surface area contributed by atoms with Crippen LogP contribution in [-0.2, 0) is 16.0 Å². The smallest absolute Gasteiger partial charge is 0.241 e. The maximum absolute atomic E-state index is 12.1. The predicted molar refractivity (Wildman–Crippen MR) is 102 cm³/mol. The number of thiophene rings is 1. The summed E-state index contributed by atoms with van der Waals surface area (Å²) in [5.74, 6) is -0.362. The van der Waals surface area contributed by atoms with Crippen molar-refractivity contribution in [1.82, 2.24) is 0 Å². The quantitative estimate of drug-likeness (QED) is 0.701. The molecular weight excluding hydrogens is 346 g/mol. The molecule has 0 aliphatic rings. The molecular formula is C17H22ClN3O2S. The van der Waals surface area contributed by atoms with E-state index in [1.54, 1.807) is 18.2 Å². The second-order valence-electron chi connectivity index (χ2n) is 5.23. The number of nitrogens with one attached hydrogen (secondary N) is 2. The fourth-order valence-electron chi connectivity index (χ4n) is 2.13. The molecule has 0 bridgehead atoms. The van der Waals surface area contributed by atoms with Crippen molar-refractivity contribution in [1.29, 1.82) is 0 Å². The highest BCUT2D eigenvalue weighted by Crippen LogP contribution is 2.22. The van der Waals surface area contributed by atoms with Gasteiger partial charge in [-0.3, -0.25) is 9.59 Å². The normalized spacial score (nSPS) is 11.2. The van der Waals surface area contributed by atoms with Gasteiger partial charge in [0.05, 0.1) is 23.8 Å². The highest BCUT2D eigenvalue weighted by molar-refractivity contribution is 7.10. The van der Waals surface area contributed by atoms with Gasteiger partial charge in [-0.2, -0.15) is 0 Å². The molecule has 0 aliphatic heterocycles. The van der Waals surface area contributed by atoms with Crippen LogP contribution in [0.15, 0.2) is 41.8 Å². The Balaban J connectivity index is 0.00000288. The van der Waals surface area contributed by atoms with Crippen LogP contribution in [0.25, 0.3) is 0 Å². The van der Waals surface area contributed by atoms with Gasteiger partial charge >= 0.3 is 0 Å². The van der Waals surface area contributed by atoms with Gasteiger partial charge in [0.1, 0.15) is 0 Å². The van der Waals surface area contributed by atoms with E-state index in [0.717, 1.165) is 11.3 Å². The maximum Gasteiger partial charge on any atom is 0.241 e. The van der Waals surface area contributed by atoms with Crippen molar-refractivity contribution in [3.8, 4) is 0 Å². The van der Waals surface area contributed by atoms with Gasteiger partial charge in [0, 0.05) is 4.88 Å². The molecule has 2 amide bonds. The number of nitrogens with two attached hydrogens (primary N) is 1. The van der Waals surface area contributed by atoms with Gasteiger partial charge < -0.3 is 16.4 Å². The molecule has 1 aromatic heterocycles. The van der Waals surface area contributed by atoms with Crippen LogP contribution in [0, 0.1) is 0 Å². The average Bonchev–Trinajstić information content (AvgIpc) is 3.02. The van der Waals surface area contributed by atoms with E-state index in [9.17, 15) is 9.59 Å². The lowest BCUT2D eigenvalue weighted by Crippen LogP contribution is -2.35. The molecule has 0 saturated heterocycles. The fraction of sp³-hybridized carbons (Fsp3) is 0.294. The van der Waals surface area contributed by atoms with E-state index in [1.165, 1.54) is 11.3 Å². The van der Waals surface area contributed by atoms with Gasteiger partial charge in [0.2, 0.25) is 11.8 Å². The van der Waals surface area contributed by atoms with Gasteiger partial charge in [0.25, 0.3) is 0 Å².